The predicted molar refractivity (Wildman–Crippen MR) is 111 cm³/mol. The molecule has 0 saturated heterocycles. The topological polar surface area (TPSA) is 63.0 Å². The summed E-state index contributed by atoms with van der Waals surface area (Å²) in [6.45, 7) is 2.00. The molecule has 28 heavy (non-hydrogen) atoms. The van der Waals surface area contributed by atoms with Crippen molar-refractivity contribution in [2.24, 2.45) is 0 Å². The zero-order valence-electron chi connectivity index (χ0n) is 15.2. The molecular weight excluding hydrogens is 392 g/mol. The molecule has 0 saturated carbocycles. The third-order valence-corrected chi connectivity index (χ3v) is 5.25. The maximum Gasteiger partial charge on any atom is 0.340 e. The summed E-state index contributed by atoms with van der Waals surface area (Å²) in [5.74, 6) is 0.144. The molecule has 0 amide bonds. The Bertz CT molecular complexity index is 1020. The molecule has 0 aliphatic carbocycles. The summed E-state index contributed by atoms with van der Waals surface area (Å²) in [4.78, 5) is 17.1. The molecule has 2 aromatic carbocycles. The van der Waals surface area contributed by atoms with Crippen LogP contribution >= 0.6 is 23.4 Å². The Morgan fingerprint density at radius 3 is 2.54 bits per heavy atom. The molecule has 0 fully saturated rings. The van der Waals surface area contributed by atoms with Gasteiger partial charge in [-0.2, -0.15) is 5.26 Å². The van der Waals surface area contributed by atoms with Crippen LogP contribution in [0, 0.1) is 11.3 Å². The standard InChI is InChI=1S/C22H17ClN2O2S/c1-2-27-22(26)19-12-17(13-24)21(25-20(19)16-6-4-3-5-7-16)28-14-15-8-10-18(23)11-9-15/h3-12H,2,14H2,1H3. The fourth-order valence-corrected chi connectivity index (χ4v) is 3.64. The second-order valence-electron chi connectivity index (χ2n) is 5.85. The normalized spacial score (nSPS) is 10.3. The zero-order chi connectivity index (χ0) is 19.9. The molecule has 1 heterocycles. The monoisotopic (exact) mass is 408 g/mol. The van der Waals surface area contributed by atoms with Gasteiger partial charge in [0.2, 0.25) is 0 Å². The van der Waals surface area contributed by atoms with Crippen LogP contribution in [0.4, 0.5) is 0 Å². The minimum absolute atomic E-state index is 0.252. The molecule has 140 valence electrons. The highest BCUT2D eigenvalue weighted by Crippen LogP contribution is 2.31. The van der Waals surface area contributed by atoms with E-state index in [2.05, 4.69) is 11.1 Å². The van der Waals surface area contributed by atoms with Crippen molar-refractivity contribution in [1.29, 1.82) is 5.26 Å². The summed E-state index contributed by atoms with van der Waals surface area (Å²) < 4.78 is 5.16. The SMILES string of the molecule is CCOC(=O)c1cc(C#N)c(SCc2ccc(Cl)cc2)nc1-c1ccccc1. The number of hydrogen-bond acceptors (Lipinski definition) is 5. The molecule has 1 aromatic heterocycles. The van der Waals surface area contributed by atoms with Gasteiger partial charge >= 0.3 is 5.97 Å². The van der Waals surface area contributed by atoms with Crippen LogP contribution in [0.2, 0.25) is 5.02 Å². The van der Waals surface area contributed by atoms with Crippen LogP contribution in [0.1, 0.15) is 28.4 Å². The van der Waals surface area contributed by atoms with Crippen LogP contribution in [-0.4, -0.2) is 17.6 Å². The van der Waals surface area contributed by atoms with Gasteiger partial charge in [-0.25, -0.2) is 9.78 Å². The van der Waals surface area contributed by atoms with E-state index in [1.165, 1.54) is 11.8 Å². The van der Waals surface area contributed by atoms with E-state index in [1.54, 1.807) is 13.0 Å². The highest BCUT2D eigenvalue weighted by atomic mass is 35.5. The van der Waals surface area contributed by atoms with E-state index in [4.69, 9.17) is 16.3 Å². The fourth-order valence-electron chi connectivity index (χ4n) is 2.60. The molecule has 3 rings (SSSR count). The van der Waals surface area contributed by atoms with Crippen molar-refractivity contribution < 1.29 is 9.53 Å². The summed E-state index contributed by atoms with van der Waals surface area (Å²) in [5, 5.41) is 10.8. The van der Waals surface area contributed by atoms with Crippen molar-refractivity contribution in [3.05, 3.63) is 82.4 Å². The number of pyridine rings is 1. The first-order valence-corrected chi connectivity index (χ1v) is 10.0. The lowest BCUT2D eigenvalue weighted by atomic mass is 10.0. The van der Waals surface area contributed by atoms with Crippen molar-refractivity contribution in [2.45, 2.75) is 17.7 Å². The molecule has 0 unspecified atom stereocenters. The van der Waals surface area contributed by atoms with Crippen molar-refractivity contribution in [1.82, 2.24) is 4.98 Å². The number of nitrogens with zero attached hydrogens (tertiary/aromatic N) is 2. The molecule has 6 heteroatoms. The van der Waals surface area contributed by atoms with Gasteiger partial charge in [-0.1, -0.05) is 54.1 Å². The maximum absolute atomic E-state index is 12.4. The quantitative estimate of drug-likeness (QED) is 0.384. The van der Waals surface area contributed by atoms with E-state index in [1.807, 2.05) is 54.6 Å². The van der Waals surface area contributed by atoms with Crippen molar-refractivity contribution in [3.8, 4) is 17.3 Å². The van der Waals surface area contributed by atoms with Gasteiger partial charge in [-0.3, -0.25) is 0 Å². The number of benzene rings is 2. The Kier molecular flexibility index (Phi) is 6.70. The van der Waals surface area contributed by atoms with Crippen LogP contribution < -0.4 is 0 Å². The van der Waals surface area contributed by atoms with Gasteiger partial charge in [-0.05, 0) is 30.7 Å². The first-order chi connectivity index (χ1) is 13.6. The Hall–Kier alpha value is -2.81. The molecular formula is C22H17ClN2O2S. The average molecular weight is 409 g/mol. The summed E-state index contributed by atoms with van der Waals surface area (Å²) in [7, 11) is 0. The number of carbonyl (C=O) groups excluding carboxylic acids is 1. The van der Waals surface area contributed by atoms with E-state index in [0.29, 0.717) is 32.6 Å². The maximum atomic E-state index is 12.4. The minimum atomic E-state index is -0.486. The number of carbonyl (C=O) groups is 1. The van der Waals surface area contributed by atoms with Crippen molar-refractivity contribution in [2.75, 3.05) is 6.61 Å². The van der Waals surface area contributed by atoms with E-state index < -0.39 is 5.97 Å². The second-order valence-corrected chi connectivity index (χ2v) is 7.25. The average Bonchev–Trinajstić information content (AvgIpc) is 2.73. The number of hydrogen-bond donors (Lipinski definition) is 0. The predicted octanol–water partition coefficient (Wildman–Crippen LogP) is 5.74. The highest BCUT2D eigenvalue weighted by Gasteiger charge is 2.20. The smallest absolute Gasteiger partial charge is 0.340 e. The number of thioether (sulfide) groups is 1. The third-order valence-electron chi connectivity index (χ3n) is 3.94. The van der Waals surface area contributed by atoms with Crippen LogP contribution in [-0.2, 0) is 10.5 Å². The van der Waals surface area contributed by atoms with Crippen LogP contribution in [0.3, 0.4) is 0 Å². The number of nitriles is 1. The van der Waals surface area contributed by atoms with Crippen LogP contribution in [0.5, 0.6) is 0 Å². The summed E-state index contributed by atoms with van der Waals surface area (Å²) in [6, 6.07) is 20.7. The second kappa shape index (κ2) is 9.41. The number of halogens is 1. The molecule has 4 nitrogen and oxygen atoms in total. The molecule has 0 aliphatic heterocycles. The number of ether oxygens (including phenoxy) is 1. The van der Waals surface area contributed by atoms with Crippen LogP contribution in [0.15, 0.2) is 65.7 Å². The molecule has 3 aromatic rings. The summed E-state index contributed by atoms with van der Waals surface area (Å²) in [5.41, 5.74) is 3.01. The molecule has 0 radical (unpaired) electrons. The van der Waals surface area contributed by atoms with Crippen molar-refractivity contribution in [3.63, 3.8) is 0 Å². The Morgan fingerprint density at radius 1 is 1.18 bits per heavy atom. The largest absolute Gasteiger partial charge is 0.462 e. The van der Waals surface area contributed by atoms with Gasteiger partial charge < -0.3 is 4.74 Å². The van der Waals surface area contributed by atoms with E-state index in [-0.39, 0.29) is 6.61 Å². The van der Waals surface area contributed by atoms with Gasteiger partial charge in [0.15, 0.2) is 0 Å². The summed E-state index contributed by atoms with van der Waals surface area (Å²) >= 11 is 7.38. The molecule has 0 N–H and O–H groups in total. The number of rotatable bonds is 6. The molecule has 0 spiro atoms. The van der Waals surface area contributed by atoms with Crippen molar-refractivity contribution >= 4 is 29.3 Å². The van der Waals surface area contributed by atoms with Gasteiger partial charge in [0, 0.05) is 16.3 Å². The number of aromatic nitrogens is 1. The molecule has 0 aliphatic rings. The van der Waals surface area contributed by atoms with Gasteiger partial charge in [-0.15, -0.1) is 11.8 Å². The Labute approximate surface area is 173 Å². The lowest BCUT2D eigenvalue weighted by Crippen LogP contribution is -2.09. The number of esters is 1. The van der Waals surface area contributed by atoms with Crippen LogP contribution in [0.25, 0.3) is 11.3 Å². The lowest BCUT2D eigenvalue weighted by Gasteiger charge is -2.12. The summed E-state index contributed by atoms with van der Waals surface area (Å²) in [6.07, 6.45) is 0. The van der Waals surface area contributed by atoms with Gasteiger partial charge in [0.1, 0.15) is 11.1 Å². The third kappa shape index (κ3) is 4.72. The minimum Gasteiger partial charge on any atom is -0.462 e. The first-order valence-electron chi connectivity index (χ1n) is 8.67. The van der Waals surface area contributed by atoms with E-state index in [0.717, 1.165) is 11.1 Å². The Balaban J connectivity index is 2.01. The zero-order valence-corrected chi connectivity index (χ0v) is 16.8. The molecule has 0 atom stereocenters. The van der Waals surface area contributed by atoms with E-state index >= 15 is 0 Å². The first kappa shape index (κ1) is 19.9. The van der Waals surface area contributed by atoms with E-state index in [9.17, 15) is 10.1 Å². The fraction of sp³-hybridized carbons (Fsp3) is 0.136. The molecule has 0 bridgehead atoms. The van der Waals surface area contributed by atoms with Gasteiger partial charge in [0.25, 0.3) is 0 Å². The Morgan fingerprint density at radius 2 is 1.89 bits per heavy atom. The van der Waals surface area contributed by atoms with Gasteiger partial charge in [0.05, 0.1) is 23.4 Å². The lowest BCUT2D eigenvalue weighted by molar-refractivity contribution is 0.0526. The highest BCUT2D eigenvalue weighted by molar-refractivity contribution is 7.98.